The number of aromatic nitrogens is 3. The number of ether oxygens (including phenoxy) is 1. The fourth-order valence-electron chi connectivity index (χ4n) is 4.53. The summed E-state index contributed by atoms with van der Waals surface area (Å²) < 4.78 is 6.20. The zero-order valence-corrected chi connectivity index (χ0v) is 17.3. The van der Waals surface area contributed by atoms with Gasteiger partial charge in [-0.3, -0.25) is 9.88 Å². The molecule has 3 N–H and O–H groups in total. The highest BCUT2D eigenvalue weighted by Gasteiger charge is 2.44. The molecular weight excluding hydrogens is 376 g/mol. The number of benzene rings is 1. The number of H-pyrrole nitrogens is 1. The number of anilines is 2. The molecule has 0 aliphatic carbocycles. The summed E-state index contributed by atoms with van der Waals surface area (Å²) in [6.07, 6.45) is 4.60. The van der Waals surface area contributed by atoms with E-state index in [1.54, 1.807) is 0 Å². The van der Waals surface area contributed by atoms with E-state index in [-0.39, 0.29) is 17.8 Å². The minimum Gasteiger partial charge on any atom is -0.373 e. The smallest absolute Gasteiger partial charge is 0.227 e. The summed E-state index contributed by atoms with van der Waals surface area (Å²) in [6.45, 7) is 6.96. The van der Waals surface area contributed by atoms with Crippen molar-refractivity contribution in [3.05, 3.63) is 34.9 Å². The van der Waals surface area contributed by atoms with Crippen LogP contribution in [0.1, 0.15) is 38.7 Å². The largest absolute Gasteiger partial charge is 0.373 e. The van der Waals surface area contributed by atoms with Crippen LogP contribution in [0, 0.1) is 0 Å². The van der Waals surface area contributed by atoms with E-state index >= 15 is 0 Å². The van der Waals surface area contributed by atoms with Gasteiger partial charge in [0.1, 0.15) is 0 Å². The highest BCUT2D eigenvalue weighted by molar-refractivity contribution is 6.30. The lowest BCUT2D eigenvalue weighted by Crippen LogP contribution is -2.65. The molecule has 2 atom stereocenters. The van der Waals surface area contributed by atoms with Crippen LogP contribution in [0.4, 0.5) is 11.9 Å². The van der Waals surface area contributed by atoms with Gasteiger partial charge in [-0.15, -0.1) is 10.2 Å². The number of nitrogens with one attached hydrogen (secondary N) is 1. The van der Waals surface area contributed by atoms with Crippen LogP contribution in [0.3, 0.4) is 0 Å². The molecule has 1 aromatic heterocycles. The second kappa shape index (κ2) is 7.89. The van der Waals surface area contributed by atoms with Crippen molar-refractivity contribution in [2.75, 3.05) is 30.3 Å². The quantitative estimate of drug-likeness (QED) is 0.814. The van der Waals surface area contributed by atoms with Crippen molar-refractivity contribution in [2.45, 2.75) is 57.3 Å². The van der Waals surface area contributed by atoms with Crippen LogP contribution in [0.2, 0.25) is 5.02 Å². The number of halogens is 1. The van der Waals surface area contributed by atoms with Gasteiger partial charge in [-0.1, -0.05) is 23.7 Å². The lowest BCUT2D eigenvalue weighted by Gasteiger charge is -2.53. The molecule has 2 fully saturated rings. The van der Waals surface area contributed by atoms with Crippen LogP contribution in [0.15, 0.2) is 24.3 Å². The van der Waals surface area contributed by atoms with Crippen molar-refractivity contribution in [3.8, 4) is 0 Å². The van der Waals surface area contributed by atoms with Crippen molar-refractivity contribution in [2.24, 2.45) is 0 Å². The molecule has 4 rings (SSSR count). The third-order valence-corrected chi connectivity index (χ3v) is 6.24. The van der Waals surface area contributed by atoms with Gasteiger partial charge in [0.2, 0.25) is 11.9 Å². The molecule has 2 saturated heterocycles. The van der Waals surface area contributed by atoms with Gasteiger partial charge in [0, 0.05) is 24.2 Å². The maximum absolute atomic E-state index is 6.20. The van der Waals surface area contributed by atoms with Crippen molar-refractivity contribution in [3.63, 3.8) is 0 Å². The Balaban J connectivity index is 1.62. The van der Waals surface area contributed by atoms with Crippen LogP contribution < -0.4 is 10.6 Å². The second-order valence-corrected chi connectivity index (χ2v) is 8.68. The summed E-state index contributed by atoms with van der Waals surface area (Å²) >= 11 is 6.08. The molecule has 0 saturated carbocycles. The third-order valence-electron chi connectivity index (χ3n) is 5.99. The van der Waals surface area contributed by atoms with E-state index < -0.39 is 0 Å². The molecule has 2 aromatic rings. The first kappa shape index (κ1) is 19.5. The Morgan fingerprint density at radius 3 is 2.71 bits per heavy atom. The molecule has 3 heterocycles. The number of piperidine rings is 1. The van der Waals surface area contributed by atoms with Gasteiger partial charge >= 0.3 is 0 Å². The maximum atomic E-state index is 6.20. The first-order chi connectivity index (χ1) is 13.4. The Kier molecular flexibility index (Phi) is 5.49. The summed E-state index contributed by atoms with van der Waals surface area (Å²) in [7, 11) is 0. The van der Waals surface area contributed by atoms with E-state index in [0.29, 0.717) is 5.95 Å². The first-order valence-electron chi connectivity index (χ1n) is 10.0. The summed E-state index contributed by atoms with van der Waals surface area (Å²) in [5.74, 6) is 1.12. The SMILES string of the molecule is CC1(C)OCCN([C@@H]2CCCCN2c2nnc(N)[nH]2)C1Cc1ccc(Cl)cc1. The van der Waals surface area contributed by atoms with Crippen LogP contribution >= 0.6 is 11.6 Å². The van der Waals surface area contributed by atoms with Gasteiger partial charge in [-0.2, -0.15) is 0 Å². The molecule has 2 aliphatic heterocycles. The zero-order chi connectivity index (χ0) is 19.7. The van der Waals surface area contributed by atoms with Crippen molar-refractivity contribution in [1.82, 2.24) is 20.1 Å². The van der Waals surface area contributed by atoms with Crippen LogP contribution in [0.5, 0.6) is 0 Å². The van der Waals surface area contributed by atoms with Crippen LogP contribution in [-0.4, -0.2) is 57.6 Å². The van der Waals surface area contributed by atoms with E-state index in [1.807, 2.05) is 12.1 Å². The fourth-order valence-corrected chi connectivity index (χ4v) is 4.66. The van der Waals surface area contributed by atoms with Crippen molar-refractivity contribution >= 4 is 23.5 Å². The highest BCUT2D eigenvalue weighted by atomic mass is 35.5. The number of nitrogens with zero attached hydrogens (tertiary/aromatic N) is 4. The Bertz CT molecular complexity index is 792. The third kappa shape index (κ3) is 3.97. The molecule has 0 amide bonds. The minimum atomic E-state index is -0.249. The fraction of sp³-hybridized carbons (Fsp3) is 0.600. The predicted molar refractivity (Wildman–Crippen MR) is 111 cm³/mol. The number of aromatic amines is 1. The van der Waals surface area contributed by atoms with Crippen molar-refractivity contribution in [1.29, 1.82) is 0 Å². The lowest BCUT2D eigenvalue weighted by molar-refractivity contribution is -0.140. The number of rotatable bonds is 4. The molecule has 28 heavy (non-hydrogen) atoms. The predicted octanol–water partition coefficient (Wildman–Crippen LogP) is 3.08. The number of nitrogen functional groups attached to an aromatic ring is 1. The standard InChI is InChI=1S/C20H29ClN6O/c1-20(2)16(13-14-6-8-15(21)9-7-14)26(11-12-28-20)17-5-3-4-10-27(17)19-23-18(22)24-25-19/h6-9,16-17H,3-5,10-13H2,1-2H3,(H3,22,23,24,25)/t16?,17-/m0/s1. The minimum absolute atomic E-state index is 0.244. The van der Waals surface area contributed by atoms with E-state index in [4.69, 9.17) is 22.1 Å². The van der Waals surface area contributed by atoms with Crippen LogP contribution in [0.25, 0.3) is 0 Å². The topological polar surface area (TPSA) is 83.3 Å². The molecule has 2 aliphatic rings. The summed E-state index contributed by atoms with van der Waals surface area (Å²) in [6, 6.07) is 8.39. The molecule has 7 nitrogen and oxygen atoms in total. The van der Waals surface area contributed by atoms with Gasteiger partial charge in [0.15, 0.2) is 0 Å². The van der Waals surface area contributed by atoms with Gasteiger partial charge in [-0.05, 0) is 57.2 Å². The maximum Gasteiger partial charge on any atom is 0.227 e. The van der Waals surface area contributed by atoms with Gasteiger partial charge in [0.05, 0.1) is 18.4 Å². The monoisotopic (exact) mass is 404 g/mol. The molecule has 0 bridgehead atoms. The number of hydrogen-bond donors (Lipinski definition) is 2. The van der Waals surface area contributed by atoms with Gasteiger partial charge in [0.25, 0.3) is 0 Å². The summed E-state index contributed by atoms with van der Waals surface area (Å²) in [4.78, 5) is 8.03. The number of morpholine rings is 1. The molecule has 1 aromatic carbocycles. The number of hydrogen-bond acceptors (Lipinski definition) is 6. The second-order valence-electron chi connectivity index (χ2n) is 8.24. The van der Waals surface area contributed by atoms with Crippen LogP contribution in [-0.2, 0) is 11.2 Å². The lowest BCUT2D eigenvalue weighted by atomic mass is 9.88. The Morgan fingerprint density at radius 2 is 2.00 bits per heavy atom. The van der Waals surface area contributed by atoms with E-state index in [2.05, 4.69) is 51.0 Å². The summed E-state index contributed by atoms with van der Waals surface area (Å²) in [5, 5.41) is 9.00. The average Bonchev–Trinajstić information content (AvgIpc) is 3.11. The zero-order valence-electron chi connectivity index (χ0n) is 16.6. The van der Waals surface area contributed by atoms with E-state index in [1.165, 1.54) is 12.0 Å². The molecular formula is C20H29ClN6O. The Morgan fingerprint density at radius 1 is 1.21 bits per heavy atom. The highest BCUT2D eigenvalue weighted by Crippen LogP contribution is 2.34. The Hall–Kier alpha value is -1.83. The molecule has 152 valence electrons. The average molecular weight is 405 g/mol. The van der Waals surface area contributed by atoms with Gasteiger partial charge in [-0.25, -0.2) is 0 Å². The van der Waals surface area contributed by atoms with E-state index in [9.17, 15) is 0 Å². The number of nitrogens with two attached hydrogens (primary N) is 1. The van der Waals surface area contributed by atoms with E-state index in [0.717, 1.165) is 49.9 Å². The van der Waals surface area contributed by atoms with Gasteiger partial charge < -0.3 is 15.4 Å². The molecule has 0 spiro atoms. The summed E-state index contributed by atoms with van der Waals surface area (Å²) in [5.41, 5.74) is 6.81. The normalized spacial score (nSPS) is 25.8. The molecule has 1 unspecified atom stereocenters. The van der Waals surface area contributed by atoms with Crippen molar-refractivity contribution < 1.29 is 4.74 Å². The Labute approximate surface area is 171 Å². The molecule has 0 radical (unpaired) electrons. The first-order valence-corrected chi connectivity index (χ1v) is 10.4. The molecule has 8 heteroatoms.